The lowest BCUT2D eigenvalue weighted by molar-refractivity contribution is -0.131. The molecule has 19 heavy (non-hydrogen) atoms. The Morgan fingerprint density at radius 3 is 2.74 bits per heavy atom. The molecule has 1 aromatic rings. The number of hydrogen-bond donors (Lipinski definition) is 0. The Labute approximate surface area is 119 Å². The first-order valence-electron chi connectivity index (χ1n) is 6.94. The number of ether oxygens (including phenoxy) is 1. The zero-order valence-electron chi connectivity index (χ0n) is 11.8. The van der Waals surface area contributed by atoms with Crippen molar-refractivity contribution in [2.24, 2.45) is 5.92 Å². The molecule has 0 amide bonds. The molecule has 1 heterocycles. The predicted octanol–water partition coefficient (Wildman–Crippen LogP) is 2.79. The van der Waals surface area contributed by atoms with Crippen molar-refractivity contribution in [2.45, 2.75) is 52.7 Å². The fourth-order valence-electron chi connectivity index (χ4n) is 2.37. The van der Waals surface area contributed by atoms with E-state index in [0.29, 0.717) is 24.0 Å². The van der Waals surface area contributed by atoms with E-state index in [1.807, 2.05) is 25.5 Å². The van der Waals surface area contributed by atoms with Crippen LogP contribution in [0.3, 0.4) is 0 Å². The van der Waals surface area contributed by atoms with E-state index in [0.717, 1.165) is 30.8 Å². The lowest BCUT2D eigenvalue weighted by atomic mass is 10.1. The van der Waals surface area contributed by atoms with Gasteiger partial charge in [0.05, 0.1) is 22.8 Å². The maximum atomic E-state index is 12.4. The second-order valence-corrected chi connectivity index (χ2v) is 5.40. The van der Waals surface area contributed by atoms with Gasteiger partial charge in [-0.25, -0.2) is 0 Å². The molecule has 1 aromatic heterocycles. The van der Waals surface area contributed by atoms with Crippen molar-refractivity contribution in [3.8, 4) is 0 Å². The first kappa shape index (κ1) is 14.5. The highest BCUT2D eigenvalue weighted by Crippen LogP contribution is 2.35. The molecule has 0 saturated heterocycles. The Bertz CT molecular complexity index is 466. The number of carbonyl (C=O) groups excluding carboxylic acids is 1. The number of carbonyl (C=O) groups is 1. The summed E-state index contributed by atoms with van der Waals surface area (Å²) in [6, 6.07) is 0. The highest BCUT2D eigenvalue weighted by atomic mass is 35.5. The van der Waals surface area contributed by atoms with E-state index >= 15 is 0 Å². The van der Waals surface area contributed by atoms with Crippen LogP contribution in [-0.2, 0) is 22.5 Å². The van der Waals surface area contributed by atoms with Gasteiger partial charge in [-0.3, -0.25) is 9.48 Å². The van der Waals surface area contributed by atoms with Crippen LogP contribution in [0, 0.1) is 12.8 Å². The van der Waals surface area contributed by atoms with Gasteiger partial charge in [-0.05, 0) is 39.5 Å². The van der Waals surface area contributed by atoms with Crippen LogP contribution in [-0.4, -0.2) is 28.3 Å². The van der Waals surface area contributed by atoms with Crippen molar-refractivity contribution < 1.29 is 9.53 Å². The quantitative estimate of drug-likeness (QED) is 0.773. The van der Waals surface area contributed by atoms with E-state index in [-0.39, 0.29) is 11.9 Å². The van der Waals surface area contributed by atoms with Gasteiger partial charge in [-0.2, -0.15) is 5.10 Å². The van der Waals surface area contributed by atoms with Gasteiger partial charge in [0.2, 0.25) is 0 Å². The lowest BCUT2D eigenvalue weighted by Gasteiger charge is -2.15. The molecule has 5 heteroatoms. The van der Waals surface area contributed by atoms with Gasteiger partial charge in [0.1, 0.15) is 6.10 Å². The van der Waals surface area contributed by atoms with Crippen molar-refractivity contribution in [1.29, 1.82) is 0 Å². The molecule has 1 saturated carbocycles. The second-order valence-electron chi connectivity index (χ2n) is 5.02. The van der Waals surface area contributed by atoms with Crippen molar-refractivity contribution in [3.05, 3.63) is 16.4 Å². The van der Waals surface area contributed by atoms with Crippen molar-refractivity contribution in [2.75, 3.05) is 6.61 Å². The number of aryl methyl sites for hydroxylation is 2. The Hall–Kier alpha value is -0.870. The number of ketones is 1. The number of hydrogen-bond acceptors (Lipinski definition) is 3. The Balaban J connectivity index is 2.13. The summed E-state index contributed by atoms with van der Waals surface area (Å²) in [5.74, 6) is 0.533. The fraction of sp³-hybridized carbons (Fsp3) is 0.714. The molecule has 1 fully saturated rings. The topological polar surface area (TPSA) is 44.1 Å². The molecule has 0 bridgehead atoms. The maximum Gasteiger partial charge on any atom is 0.167 e. The summed E-state index contributed by atoms with van der Waals surface area (Å²) < 4.78 is 7.41. The Morgan fingerprint density at radius 2 is 2.21 bits per heavy atom. The average molecular weight is 285 g/mol. The normalized spacial score (nSPS) is 16.6. The molecule has 4 nitrogen and oxygen atoms in total. The fourth-order valence-corrected chi connectivity index (χ4v) is 2.58. The number of nitrogens with zero attached hydrogens (tertiary/aromatic N) is 2. The summed E-state index contributed by atoms with van der Waals surface area (Å²) >= 11 is 6.24. The number of halogens is 1. The number of rotatable bonds is 7. The van der Waals surface area contributed by atoms with Gasteiger partial charge in [0.15, 0.2) is 5.78 Å². The van der Waals surface area contributed by atoms with Crippen LogP contribution in [0.1, 0.15) is 38.1 Å². The van der Waals surface area contributed by atoms with Crippen LogP contribution in [0.5, 0.6) is 0 Å². The third-order valence-electron chi connectivity index (χ3n) is 3.51. The third kappa shape index (κ3) is 3.18. The largest absolute Gasteiger partial charge is 0.370 e. The van der Waals surface area contributed by atoms with Gasteiger partial charge in [0.25, 0.3) is 0 Å². The van der Waals surface area contributed by atoms with Gasteiger partial charge in [0, 0.05) is 13.2 Å². The molecule has 0 spiro atoms. The van der Waals surface area contributed by atoms with Crippen LogP contribution < -0.4 is 0 Å². The van der Waals surface area contributed by atoms with Crippen LogP contribution in [0.2, 0.25) is 5.02 Å². The molecule has 0 radical (unpaired) electrons. The minimum Gasteiger partial charge on any atom is -0.370 e. The first-order valence-corrected chi connectivity index (χ1v) is 7.32. The summed E-state index contributed by atoms with van der Waals surface area (Å²) in [6.45, 7) is 7.09. The first-order chi connectivity index (χ1) is 9.08. The molecule has 0 aromatic carbocycles. The molecule has 0 aliphatic heterocycles. The van der Waals surface area contributed by atoms with Crippen molar-refractivity contribution in [1.82, 2.24) is 9.78 Å². The van der Waals surface area contributed by atoms with Crippen LogP contribution in [0.4, 0.5) is 0 Å². The summed E-state index contributed by atoms with van der Waals surface area (Å²) in [7, 11) is 0. The van der Waals surface area contributed by atoms with E-state index in [9.17, 15) is 4.79 Å². The standard InChI is InChI=1S/C14H21ClN2O2/c1-4-17-11(13(15)9(3)16-17)8-12(18)14(19-5-2)10-6-7-10/h10,14H,4-8H2,1-3H3. The van der Waals surface area contributed by atoms with E-state index in [2.05, 4.69) is 5.10 Å². The number of Topliss-reactive ketones (excluding diaryl/α,β-unsaturated/α-hetero) is 1. The van der Waals surface area contributed by atoms with Crippen molar-refractivity contribution >= 4 is 17.4 Å². The molecule has 106 valence electrons. The van der Waals surface area contributed by atoms with Gasteiger partial charge in [-0.1, -0.05) is 11.6 Å². The van der Waals surface area contributed by atoms with E-state index in [4.69, 9.17) is 16.3 Å². The van der Waals surface area contributed by atoms with Crippen LogP contribution in [0.25, 0.3) is 0 Å². The highest BCUT2D eigenvalue weighted by Gasteiger charge is 2.37. The van der Waals surface area contributed by atoms with Crippen LogP contribution in [0.15, 0.2) is 0 Å². The summed E-state index contributed by atoms with van der Waals surface area (Å²) in [4.78, 5) is 12.4. The van der Waals surface area contributed by atoms with Crippen LogP contribution >= 0.6 is 11.6 Å². The molecule has 1 atom stereocenters. The molecule has 1 aliphatic rings. The smallest absolute Gasteiger partial charge is 0.167 e. The zero-order chi connectivity index (χ0) is 14.0. The van der Waals surface area contributed by atoms with Gasteiger partial charge in [-0.15, -0.1) is 0 Å². The van der Waals surface area contributed by atoms with Gasteiger partial charge < -0.3 is 4.74 Å². The maximum absolute atomic E-state index is 12.4. The SMILES string of the molecule is CCOC(C(=O)Cc1c(Cl)c(C)nn1CC)C1CC1. The lowest BCUT2D eigenvalue weighted by Crippen LogP contribution is -2.29. The summed E-state index contributed by atoms with van der Waals surface area (Å²) in [5, 5.41) is 4.95. The Morgan fingerprint density at radius 1 is 1.53 bits per heavy atom. The molecule has 1 aliphatic carbocycles. The molecular weight excluding hydrogens is 264 g/mol. The monoisotopic (exact) mass is 284 g/mol. The third-order valence-corrected chi connectivity index (χ3v) is 4.00. The highest BCUT2D eigenvalue weighted by molar-refractivity contribution is 6.32. The minimum absolute atomic E-state index is 0.126. The minimum atomic E-state index is -0.262. The molecular formula is C14H21ClN2O2. The van der Waals surface area contributed by atoms with E-state index in [1.165, 1.54) is 0 Å². The van der Waals surface area contributed by atoms with Crippen molar-refractivity contribution in [3.63, 3.8) is 0 Å². The summed E-state index contributed by atoms with van der Waals surface area (Å²) in [5.41, 5.74) is 1.60. The summed E-state index contributed by atoms with van der Waals surface area (Å²) in [6.07, 6.45) is 2.24. The van der Waals surface area contributed by atoms with E-state index < -0.39 is 0 Å². The van der Waals surface area contributed by atoms with E-state index in [1.54, 1.807) is 0 Å². The van der Waals surface area contributed by atoms with Gasteiger partial charge >= 0.3 is 0 Å². The molecule has 2 rings (SSSR count). The Kier molecular flexibility index (Phi) is 4.63. The molecule has 1 unspecified atom stereocenters. The molecule has 0 N–H and O–H groups in total. The average Bonchev–Trinajstić information content (AvgIpc) is 3.18. The number of aromatic nitrogens is 2. The predicted molar refractivity (Wildman–Crippen MR) is 74.5 cm³/mol. The second kappa shape index (κ2) is 6.06. The zero-order valence-corrected chi connectivity index (χ0v) is 12.5.